The van der Waals surface area contributed by atoms with Gasteiger partial charge < -0.3 is 0 Å². The number of hydrogen-bond donors (Lipinski definition) is 0. The summed E-state index contributed by atoms with van der Waals surface area (Å²) in [5.74, 6) is 0.139. The molecule has 0 aliphatic carbocycles. The first-order valence-corrected chi connectivity index (χ1v) is 8.51. The summed E-state index contributed by atoms with van der Waals surface area (Å²) in [5.41, 5.74) is 10.7. The summed E-state index contributed by atoms with van der Waals surface area (Å²) in [5, 5.41) is 0. The normalized spacial score (nSPS) is 10.7. The van der Waals surface area contributed by atoms with Crippen molar-refractivity contribution in [1.29, 1.82) is 0 Å². The molecule has 0 saturated carbocycles. The van der Waals surface area contributed by atoms with Crippen molar-refractivity contribution in [2.75, 3.05) is 0 Å². The van der Waals surface area contributed by atoms with Gasteiger partial charge in [-0.2, -0.15) is 0 Å². The minimum Gasteiger partial charge on any atom is -0.289 e. The highest BCUT2D eigenvalue weighted by atomic mass is 16.1. The fraction of sp³-hybridized carbons (Fsp3) is 0.348. The number of aryl methyl sites for hydroxylation is 6. The molecule has 2 aromatic carbocycles. The van der Waals surface area contributed by atoms with Crippen LogP contribution >= 0.6 is 0 Å². The van der Waals surface area contributed by atoms with Crippen molar-refractivity contribution >= 4 is 11.4 Å². The molecule has 0 saturated heterocycles. The SMILES string of the molecule is CC(C)=C(C(=O)c1c(C)cc(C)cc1C)c1c(C)cc(C)cc1C. The number of benzene rings is 2. The molecule has 0 aliphatic rings. The largest absolute Gasteiger partial charge is 0.289 e. The summed E-state index contributed by atoms with van der Waals surface area (Å²) in [4.78, 5) is 13.5. The van der Waals surface area contributed by atoms with Crippen molar-refractivity contribution in [1.82, 2.24) is 0 Å². The zero-order valence-corrected chi connectivity index (χ0v) is 16.2. The van der Waals surface area contributed by atoms with Gasteiger partial charge in [0.25, 0.3) is 0 Å². The zero-order chi connectivity index (χ0) is 18.2. The van der Waals surface area contributed by atoms with Crippen molar-refractivity contribution < 1.29 is 4.79 Å². The number of carbonyl (C=O) groups excluding carboxylic acids is 1. The first-order valence-electron chi connectivity index (χ1n) is 8.51. The van der Waals surface area contributed by atoms with E-state index in [1.54, 1.807) is 0 Å². The number of Topliss-reactive ketones (excluding diaryl/α,β-unsaturated/α-hetero) is 1. The molecule has 126 valence electrons. The predicted molar refractivity (Wildman–Crippen MR) is 104 cm³/mol. The second kappa shape index (κ2) is 6.76. The van der Waals surface area contributed by atoms with Gasteiger partial charge in [0, 0.05) is 11.1 Å². The van der Waals surface area contributed by atoms with E-state index in [9.17, 15) is 4.79 Å². The van der Waals surface area contributed by atoms with Crippen LogP contribution in [0.4, 0.5) is 0 Å². The van der Waals surface area contributed by atoms with Crippen LogP contribution in [0.25, 0.3) is 5.57 Å². The Kier molecular flexibility index (Phi) is 5.13. The Balaban J connectivity index is 2.72. The lowest BCUT2D eigenvalue weighted by atomic mass is 9.84. The molecular weight excluding hydrogens is 292 g/mol. The average Bonchev–Trinajstić information content (AvgIpc) is 2.40. The molecule has 0 N–H and O–H groups in total. The first-order chi connectivity index (χ1) is 11.1. The van der Waals surface area contributed by atoms with Gasteiger partial charge in [-0.05, 0) is 83.2 Å². The van der Waals surface area contributed by atoms with E-state index in [1.807, 2.05) is 27.7 Å². The molecule has 1 heteroatoms. The highest BCUT2D eigenvalue weighted by Crippen LogP contribution is 2.32. The smallest absolute Gasteiger partial charge is 0.194 e. The van der Waals surface area contributed by atoms with E-state index in [4.69, 9.17) is 0 Å². The van der Waals surface area contributed by atoms with E-state index in [2.05, 4.69) is 52.0 Å². The van der Waals surface area contributed by atoms with Crippen LogP contribution in [0.2, 0.25) is 0 Å². The van der Waals surface area contributed by atoms with E-state index in [-0.39, 0.29) is 5.78 Å². The van der Waals surface area contributed by atoms with E-state index in [1.165, 1.54) is 22.3 Å². The molecule has 2 aromatic rings. The van der Waals surface area contributed by atoms with Crippen LogP contribution < -0.4 is 0 Å². The monoisotopic (exact) mass is 320 g/mol. The molecule has 0 fully saturated rings. The lowest BCUT2D eigenvalue weighted by molar-refractivity contribution is 0.105. The van der Waals surface area contributed by atoms with Crippen molar-refractivity contribution in [3.63, 3.8) is 0 Å². The van der Waals surface area contributed by atoms with Crippen LogP contribution in [-0.2, 0) is 0 Å². The summed E-state index contributed by atoms with van der Waals surface area (Å²) >= 11 is 0. The van der Waals surface area contributed by atoms with Gasteiger partial charge in [0.1, 0.15) is 0 Å². The average molecular weight is 320 g/mol. The molecule has 0 bridgehead atoms. The molecule has 0 atom stereocenters. The molecule has 0 heterocycles. The highest BCUT2D eigenvalue weighted by Gasteiger charge is 2.22. The van der Waals surface area contributed by atoms with Crippen LogP contribution in [0.5, 0.6) is 0 Å². The fourth-order valence-electron chi connectivity index (χ4n) is 3.83. The Morgan fingerprint density at radius 2 is 0.958 bits per heavy atom. The Morgan fingerprint density at radius 3 is 1.29 bits per heavy atom. The molecule has 0 unspecified atom stereocenters. The van der Waals surface area contributed by atoms with Gasteiger partial charge in [-0.3, -0.25) is 4.79 Å². The summed E-state index contributed by atoms with van der Waals surface area (Å²) in [6.07, 6.45) is 0. The van der Waals surface area contributed by atoms with Crippen molar-refractivity contribution in [2.24, 2.45) is 0 Å². The van der Waals surface area contributed by atoms with Crippen LogP contribution in [0.1, 0.15) is 63.1 Å². The maximum absolute atomic E-state index is 13.5. The van der Waals surface area contributed by atoms with E-state index >= 15 is 0 Å². The Hall–Kier alpha value is -2.15. The standard InChI is InChI=1S/C23H28O/c1-13(2)20(21-16(5)9-14(3)10-17(21)6)23(24)22-18(7)11-15(4)12-19(22)8/h9-12H,1-8H3. The van der Waals surface area contributed by atoms with Gasteiger partial charge in [0.2, 0.25) is 0 Å². The lowest BCUT2D eigenvalue weighted by Crippen LogP contribution is -2.11. The molecule has 2 rings (SSSR count). The van der Waals surface area contributed by atoms with Gasteiger partial charge in [-0.15, -0.1) is 0 Å². The summed E-state index contributed by atoms with van der Waals surface area (Å²) in [6.45, 7) is 16.5. The minimum atomic E-state index is 0.139. The summed E-state index contributed by atoms with van der Waals surface area (Å²) in [7, 11) is 0. The number of ketones is 1. The molecule has 0 aliphatic heterocycles. The van der Waals surface area contributed by atoms with Gasteiger partial charge in [0.15, 0.2) is 5.78 Å². The molecule has 0 radical (unpaired) electrons. The van der Waals surface area contributed by atoms with Gasteiger partial charge in [-0.1, -0.05) is 41.0 Å². The van der Waals surface area contributed by atoms with Crippen molar-refractivity contribution in [3.05, 3.63) is 74.3 Å². The van der Waals surface area contributed by atoms with E-state index < -0.39 is 0 Å². The van der Waals surface area contributed by atoms with Crippen molar-refractivity contribution in [3.8, 4) is 0 Å². The third kappa shape index (κ3) is 3.36. The van der Waals surface area contributed by atoms with Crippen LogP contribution in [-0.4, -0.2) is 5.78 Å². The number of rotatable bonds is 3. The van der Waals surface area contributed by atoms with E-state index in [0.29, 0.717) is 0 Å². The van der Waals surface area contributed by atoms with Crippen LogP contribution in [0, 0.1) is 41.5 Å². The zero-order valence-electron chi connectivity index (χ0n) is 16.2. The Morgan fingerprint density at radius 1 is 0.625 bits per heavy atom. The molecule has 24 heavy (non-hydrogen) atoms. The predicted octanol–water partition coefficient (Wildman–Crippen LogP) is 6.21. The fourth-order valence-corrected chi connectivity index (χ4v) is 3.83. The van der Waals surface area contributed by atoms with Gasteiger partial charge in [0.05, 0.1) is 0 Å². The van der Waals surface area contributed by atoms with Gasteiger partial charge >= 0.3 is 0 Å². The molecule has 0 spiro atoms. The first kappa shape index (κ1) is 18.2. The Labute approximate surface area is 146 Å². The number of hydrogen-bond acceptors (Lipinski definition) is 1. The number of carbonyl (C=O) groups is 1. The second-order valence-electron chi connectivity index (χ2n) is 7.25. The molecule has 0 aromatic heterocycles. The Bertz CT molecular complexity index is 800. The number of allylic oxidation sites excluding steroid dienone is 2. The lowest BCUT2D eigenvalue weighted by Gasteiger charge is -2.18. The van der Waals surface area contributed by atoms with Gasteiger partial charge in [-0.25, -0.2) is 0 Å². The molecule has 1 nitrogen and oxygen atoms in total. The maximum Gasteiger partial charge on any atom is 0.194 e. The quantitative estimate of drug-likeness (QED) is 0.485. The minimum absolute atomic E-state index is 0.139. The third-order valence-electron chi connectivity index (χ3n) is 4.56. The van der Waals surface area contributed by atoms with Crippen LogP contribution in [0.3, 0.4) is 0 Å². The molecular formula is C23H28O. The maximum atomic E-state index is 13.5. The topological polar surface area (TPSA) is 17.1 Å². The van der Waals surface area contributed by atoms with E-state index in [0.717, 1.165) is 33.4 Å². The molecule has 0 amide bonds. The van der Waals surface area contributed by atoms with Crippen molar-refractivity contribution in [2.45, 2.75) is 55.4 Å². The summed E-state index contributed by atoms with van der Waals surface area (Å²) in [6, 6.07) is 8.51. The second-order valence-corrected chi connectivity index (χ2v) is 7.25. The third-order valence-corrected chi connectivity index (χ3v) is 4.56. The summed E-state index contributed by atoms with van der Waals surface area (Å²) < 4.78 is 0. The van der Waals surface area contributed by atoms with Crippen LogP contribution in [0.15, 0.2) is 29.8 Å². The highest BCUT2D eigenvalue weighted by molar-refractivity contribution is 6.31.